The molecule has 0 atom stereocenters. The molecule has 0 aromatic carbocycles. The minimum Gasteiger partial charge on any atom is -0.406 e. The zero-order valence-electron chi connectivity index (χ0n) is 4.55. The van der Waals surface area contributed by atoms with E-state index in [-0.39, 0.29) is 6.40 Å². The van der Waals surface area contributed by atoms with Crippen LogP contribution in [0.3, 0.4) is 0 Å². The molecular formula is C3H3F3N2O2. The predicted octanol–water partition coefficient (Wildman–Crippen LogP) is -0.00610. The molecule has 10 heavy (non-hydrogen) atoms. The maximum atomic E-state index is 11.2. The van der Waals surface area contributed by atoms with Crippen LogP contribution in [0.15, 0.2) is 5.10 Å². The Morgan fingerprint density at radius 2 is 2.10 bits per heavy atom. The van der Waals surface area contributed by atoms with Crippen molar-refractivity contribution in [2.75, 3.05) is 0 Å². The van der Waals surface area contributed by atoms with Crippen LogP contribution in [0.1, 0.15) is 0 Å². The number of hydrazone groups is 1. The molecule has 58 valence electrons. The Morgan fingerprint density at radius 1 is 1.60 bits per heavy atom. The molecule has 0 unspecified atom stereocenters. The minimum atomic E-state index is -5.00. The van der Waals surface area contributed by atoms with E-state index in [0.29, 0.717) is 0 Å². The zero-order chi connectivity index (χ0) is 8.20. The van der Waals surface area contributed by atoms with E-state index in [2.05, 4.69) is 15.7 Å². The molecule has 0 spiro atoms. The summed E-state index contributed by atoms with van der Waals surface area (Å²) in [5, 5.41) is 2.52. The lowest BCUT2D eigenvalue weighted by molar-refractivity contribution is -0.190. The first-order valence-electron chi connectivity index (χ1n) is 1.98. The van der Waals surface area contributed by atoms with E-state index in [9.17, 15) is 18.0 Å². The second kappa shape index (κ2) is 3.04. The molecule has 0 heterocycles. The molecule has 0 fully saturated rings. The number of alkyl halides is 3. The fraction of sp³-hybridized carbons (Fsp3) is 0.333. The molecule has 0 saturated carbocycles. The van der Waals surface area contributed by atoms with Crippen molar-refractivity contribution in [2.24, 2.45) is 10.9 Å². The lowest BCUT2D eigenvalue weighted by Crippen LogP contribution is -2.24. The van der Waals surface area contributed by atoms with E-state index in [1.165, 1.54) is 0 Å². The third kappa shape index (κ3) is 2.90. The number of nitrogens with two attached hydrogens (primary N) is 1. The summed E-state index contributed by atoms with van der Waals surface area (Å²) in [7, 11) is 0. The smallest absolute Gasteiger partial charge is 0.406 e. The van der Waals surface area contributed by atoms with Crippen molar-refractivity contribution in [3.8, 4) is 0 Å². The third-order valence-corrected chi connectivity index (χ3v) is 0.452. The summed E-state index contributed by atoms with van der Waals surface area (Å²) in [5.41, 5.74) is 0. The highest BCUT2D eigenvalue weighted by molar-refractivity contribution is 5.82. The van der Waals surface area contributed by atoms with Crippen molar-refractivity contribution in [2.45, 2.75) is 6.18 Å². The van der Waals surface area contributed by atoms with Crippen LogP contribution in [-0.4, -0.2) is 18.5 Å². The number of esters is 1. The van der Waals surface area contributed by atoms with E-state index in [1.807, 2.05) is 0 Å². The molecule has 0 aromatic heterocycles. The van der Waals surface area contributed by atoms with Gasteiger partial charge in [-0.1, -0.05) is 0 Å². The maximum Gasteiger partial charge on any atom is 0.491 e. The van der Waals surface area contributed by atoms with Gasteiger partial charge >= 0.3 is 12.1 Å². The van der Waals surface area contributed by atoms with Gasteiger partial charge in [-0.25, -0.2) is 4.79 Å². The Labute approximate surface area is 53.4 Å². The molecule has 2 N–H and O–H groups in total. The van der Waals surface area contributed by atoms with Gasteiger partial charge in [0.2, 0.25) is 6.40 Å². The maximum absolute atomic E-state index is 11.2. The van der Waals surface area contributed by atoms with E-state index >= 15 is 0 Å². The van der Waals surface area contributed by atoms with Crippen molar-refractivity contribution >= 4 is 12.4 Å². The van der Waals surface area contributed by atoms with Crippen LogP contribution < -0.4 is 5.84 Å². The number of halogens is 3. The van der Waals surface area contributed by atoms with Gasteiger partial charge in [-0.3, -0.25) is 0 Å². The average molecular weight is 156 g/mol. The van der Waals surface area contributed by atoms with Crippen LogP contribution in [0, 0.1) is 0 Å². The van der Waals surface area contributed by atoms with Crippen molar-refractivity contribution in [3.63, 3.8) is 0 Å². The van der Waals surface area contributed by atoms with Crippen LogP contribution in [0.4, 0.5) is 13.2 Å². The molecule has 7 heteroatoms. The standard InChI is InChI=1S/C3H3F3N2O2/c4-3(5,6)2(9)10-1-8-7/h1H,7H2/b8-1+. The molecule has 0 amide bonds. The molecule has 0 bridgehead atoms. The normalized spacial score (nSPS) is 11.9. The molecule has 0 radical (unpaired) electrons. The Morgan fingerprint density at radius 3 is 2.40 bits per heavy atom. The summed E-state index contributed by atoms with van der Waals surface area (Å²) in [6.45, 7) is 0. The monoisotopic (exact) mass is 156 g/mol. The summed E-state index contributed by atoms with van der Waals surface area (Å²) in [4.78, 5) is 9.73. The van der Waals surface area contributed by atoms with E-state index in [0.717, 1.165) is 0 Å². The largest absolute Gasteiger partial charge is 0.491 e. The molecule has 0 aromatic rings. The number of rotatable bonds is 1. The van der Waals surface area contributed by atoms with Crippen molar-refractivity contribution in [3.05, 3.63) is 0 Å². The highest BCUT2D eigenvalue weighted by Gasteiger charge is 2.40. The summed E-state index contributed by atoms with van der Waals surface area (Å²) in [6.07, 6.45) is -4.79. The fourth-order valence-electron chi connectivity index (χ4n) is 0.145. The Hall–Kier alpha value is -1.27. The minimum absolute atomic E-state index is 0.204. The van der Waals surface area contributed by atoms with Gasteiger partial charge in [0, 0.05) is 0 Å². The number of nitrogens with zero attached hydrogens (tertiary/aromatic N) is 1. The van der Waals surface area contributed by atoms with Gasteiger partial charge in [-0.2, -0.15) is 18.3 Å². The van der Waals surface area contributed by atoms with Crippen LogP contribution in [-0.2, 0) is 9.53 Å². The number of carbonyl (C=O) groups is 1. The fourth-order valence-corrected chi connectivity index (χ4v) is 0.145. The second-order valence-corrected chi connectivity index (χ2v) is 1.16. The first-order chi connectivity index (χ1) is 4.48. The van der Waals surface area contributed by atoms with Gasteiger partial charge in [0.25, 0.3) is 0 Å². The van der Waals surface area contributed by atoms with Gasteiger partial charge in [-0.15, -0.1) is 0 Å². The molecule has 4 nitrogen and oxygen atoms in total. The van der Waals surface area contributed by atoms with Gasteiger partial charge in [0.05, 0.1) is 0 Å². The quantitative estimate of drug-likeness (QED) is 0.191. The first-order valence-corrected chi connectivity index (χ1v) is 1.98. The molecule has 0 saturated heterocycles. The summed E-state index contributed by atoms with van der Waals surface area (Å²) in [6, 6.07) is 0. The zero-order valence-corrected chi connectivity index (χ0v) is 4.55. The van der Waals surface area contributed by atoms with Gasteiger partial charge < -0.3 is 10.6 Å². The highest BCUT2D eigenvalue weighted by atomic mass is 19.4. The summed E-state index contributed by atoms with van der Waals surface area (Å²) >= 11 is 0. The molecule has 0 aliphatic carbocycles. The predicted molar refractivity (Wildman–Crippen MR) is 24.8 cm³/mol. The Kier molecular flexibility index (Phi) is 2.65. The van der Waals surface area contributed by atoms with E-state index < -0.39 is 12.1 Å². The molecule has 0 rings (SSSR count). The SMILES string of the molecule is N/N=C/OC(=O)C(F)(F)F. The van der Waals surface area contributed by atoms with Crippen LogP contribution in [0.2, 0.25) is 0 Å². The Bertz CT molecular complexity index is 152. The summed E-state index contributed by atoms with van der Waals surface area (Å²) < 4.78 is 37.0. The summed E-state index contributed by atoms with van der Waals surface area (Å²) in [5.74, 6) is 2.00. The third-order valence-electron chi connectivity index (χ3n) is 0.452. The second-order valence-electron chi connectivity index (χ2n) is 1.16. The Balaban J connectivity index is 3.86. The topological polar surface area (TPSA) is 64.7 Å². The van der Waals surface area contributed by atoms with Gasteiger partial charge in [0.15, 0.2) is 0 Å². The molecular weight excluding hydrogens is 153 g/mol. The number of ether oxygens (including phenoxy) is 1. The van der Waals surface area contributed by atoms with Crippen LogP contribution in [0.25, 0.3) is 0 Å². The van der Waals surface area contributed by atoms with E-state index in [1.54, 1.807) is 0 Å². The lowest BCUT2D eigenvalue weighted by atomic mass is 10.7. The first kappa shape index (κ1) is 8.73. The molecule has 0 aliphatic rings. The number of carbonyl (C=O) groups excluding carboxylic acids is 1. The highest BCUT2D eigenvalue weighted by Crippen LogP contribution is 2.15. The van der Waals surface area contributed by atoms with Crippen LogP contribution in [0.5, 0.6) is 0 Å². The number of hydrogen-bond acceptors (Lipinski definition) is 4. The number of hydrogen-bond donors (Lipinski definition) is 1. The average Bonchev–Trinajstić information content (AvgIpc) is 1.80. The van der Waals surface area contributed by atoms with E-state index in [4.69, 9.17) is 0 Å². The van der Waals surface area contributed by atoms with Crippen LogP contribution >= 0.6 is 0 Å². The molecule has 0 aliphatic heterocycles. The lowest BCUT2D eigenvalue weighted by Gasteiger charge is -2.00. The van der Waals surface area contributed by atoms with Crippen molar-refractivity contribution in [1.82, 2.24) is 0 Å². The van der Waals surface area contributed by atoms with Crippen molar-refractivity contribution < 1.29 is 22.7 Å². The van der Waals surface area contributed by atoms with Crippen molar-refractivity contribution in [1.29, 1.82) is 0 Å². The van der Waals surface area contributed by atoms with Gasteiger partial charge in [0.1, 0.15) is 0 Å². The van der Waals surface area contributed by atoms with Gasteiger partial charge in [-0.05, 0) is 0 Å².